The second-order valence-electron chi connectivity index (χ2n) is 6.24. The summed E-state index contributed by atoms with van der Waals surface area (Å²) < 4.78 is 3.07. The van der Waals surface area contributed by atoms with Gasteiger partial charge in [-0.25, -0.2) is 4.79 Å². The fourth-order valence-electron chi connectivity index (χ4n) is 2.85. The van der Waals surface area contributed by atoms with Gasteiger partial charge in [-0.05, 0) is 44.0 Å². The van der Waals surface area contributed by atoms with Gasteiger partial charge in [0.05, 0.1) is 11.0 Å². The van der Waals surface area contributed by atoms with E-state index >= 15 is 0 Å². The van der Waals surface area contributed by atoms with E-state index in [1.807, 2.05) is 26.0 Å². The lowest BCUT2D eigenvalue weighted by Gasteiger charge is -2.19. The summed E-state index contributed by atoms with van der Waals surface area (Å²) in [6, 6.07) is 3.91. The molecule has 1 amide bonds. The molecular formula is C20H25N3O2. The molecule has 25 heavy (non-hydrogen) atoms. The maximum absolute atomic E-state index is 12.9. The van der Waals surface area contributed by atoms with E-state index in [1.54, 1.807) is 28.5 Å². The minimum absolute atomic E-state index is 0.0280. The minimum Gasteiger partial charge on any atom is -0.334 e. The first-order valence-electron chi connectivity index (χ1n) is 8.19. The van der Waals surface area contributed by atoms with Gasteiger partial charge in [0.25, 0.3) is 0 Å². The maximum atomic E-state index is 12.9. The zero-order valence-corrected chi connectivity index (χ0v) is 15.2. The summed E-state index contributed by atoms with van der Waals surface area (Å²) in [6.45, 7) is 17.8. The van der Waals surface area contributed by atoms with Gasteiger partial charge in [-0.3, -0.25) is 13.9 Å². The lowest BCUT2D eigenvalue weighted by Crippen LogP contribution is -2.37. The molecule has 0 spiro atoms. The van der Waals surface area contributed by atoms with Crippen LogP contribution in [0.3, 0.4) is 0 Å². The molecule has 0 bridgehead atoms. The molecule has 0 radical (unpaired) electrons. The van der Waals surface area contributed by atoms with Crippen molar-refractivity contribution in [2.24, 2.45) is 0 Å². The van der Waals surface area contributed by atoms with Crippen molar-refractivity contribution in [3.8, 4) is 0 Å². The Bertz CT molecular complexity index is 905. The first-order chi connectivity index (χ1) is 11.8. The highest BCUT2D eigenvalue weighted by Crippen LogP contribution is 2.21. The normalized spacial score (nSPS) is 10.7. The number of benzene rings is 1. The largest absolute Gasteiger partial charge is 0.334 e. The highest BCUT2D eigenvalue weighted by atomic mass is 16.2. The summed E-state index contributed by atoms with van der Waals surface area (Å²) in [5.41, 5.74) is 4.04. The first-order valence-corrected chi connectivity index (χ1v) is 8.19. The summed E-state index contributed by atoms with van der Waals surface area (Å²) in [6.07, 6.45) is 3.32. The fraction of sp³-hybridized carbons (Fsp3) is 0.300. The zero-order chi connectivity index (χ0) is 18.7. The van der Waals surface area contributed by atoms with Crippen LogP contribution in [0.5, 0.6) is 0 Å². The van der Waals surface area contributed by atoms with E-state index in [0.717, 1.165) is 22.2 Å². The van der Waals surface area contributed by atoms with E-state index in [2.05, 4.69) is 19.7 Å². The van der Waals surface area contributed by atoms with Gasteiger partial charge in [-0.15, -0.1) is 13.2 Å². The number of hydrogen-bond acceptors (Lipinski definition) is 2. The van der Waals surface area contributed by atoms with Gasteiger partial charge in [-0.1, -0.05) is 18.7 Å². The van der Waals surface area contributed by atoms with Gasteiger partial charge < -0.3 is 4.90 Å². The van der Waals surface area contributed by atoms with E-state index < -0.39 is 0 Å². The smallest absolute Gasteiger partial charge is 0.333 e. The van der Waals surface area contributed by atoms with Gasteiger partial charge in [0.1, 0.15) is 6.54 Å². The summed E-state index contributed by atoms with van der Waals surface area (Å²) in [5.74, 6) is -0.152. The standard InChI is InChI=1S/C20H25N3O2/c1-7-9-21(10-8-2)19(24)13-22-17-11-15(5)16(6)12-18(17)23(14(3)4)20(22)25/h7-8,11-12H,1-3,9-10,13H2,4-6H3. The SMILES string of the molecule is C=CCN(CC=C)C(=O)Cn1c(=O)n(C(=C)C)c2cc(C)c(C)cc21. The predicted molar refractivity (Wildman–Crippen MR) is 104 cm³/mol. The lowest BCUT2D eigenvalue weighted by molar-refractivity contribution is -0.130. The summed E-state index contributed by atoms with van der Waals surface area (Å²) >= 11 is 0. The van der Waals surface area contributed by atoms with E-state index in [-0.39, 0.29) is 18.1 Å². The van der Waals surface area contributed by atoms with Crippen LogP contribution in [0.4, 0.5) is 0 Å². The third-order valence-electron chi connectivity index (χ3n) is 4.27. The molecule has 0 saturated carbocycles. The molecular weight excluding hydrogens is 314 g/mol. The zero-order valence-electron chi connectivity index (χ0n) is 15.2. The van der Waals surface area contributed by atoms with Crippen molar-refractivity contribution in [3.63, 3.8) is 0 Å². The first kappa shape index (κ1) is 18.5. The molecule has 0 aliphatic heterocycles. The van der Waals surface area contributed by atoms with E-state index in [4.69, 9.17) is 0 Å². The molecule has 0 saturated heterocycles. The van der Waals surface area contributed by atoms with Gasteiger partial charge in [0.15, 0.2) is 0 Å². The number of carbonyl (C=O) groups excluding carboxylic acids is 1. The summed E-state index contributed by atoms with van der Waals surface area (Å²) in [4.78, 5) is 27.1. The van der Waals surface area contributed by atoms with Crippen molar-refractivity contribution in [2.75, 3.05) is 13.1 Å². The molecule has 2 rings (SSSR count). The van der Waals surface area contributed by atoms with Crippen LogP contribution < -0.4 is 5.69 Å². The number of hydrogen-bond donors (Lipinski definition) is 0. The van der Waals surface area contributed by atoms with Crippen LogP contribution in [0.15, 0.2) is 48.8 Å². The minimum atomic E-state index is -0.252. The predicted octanol–water partition coefficient (Wildman–Crippen LogP) is 3.11. The van der Waals surface area contributed by atoms with Crippen LogP contribution in [0.2, 0.25) is 0 Å². The van der Waals surface area contributed by atoms with Crippen molar-refractivity contribution < 1.29 is 4.79 Å². The molecule has 1 aromatic carbocycles. The number of imidazole rings is 1. The molecule has 1 heterocycles. The Morgan fingerprint density at radius 2 is 1.64 bits per heavy atom. The molecule has 132 valence electrons. The number of aryl methyl sites for hydroxylation is 2. The second kappa shape index (κ2) is 7.38. The summed E-state index contributed by atoms with van der Waals surface area (Å²) in [7, 11) is 0. The van der Waals surface area contributed by atoms with Crippen molar-refractivity contribution in [2.45, 2.75) is 27.3 Å². The third kappa shape index (κ3) is 3.50. The molecule has 0 unspecified atom stereocenters. The van der Waals surface area contributed by atoms with E-state index in [1.165, 1.54) is 4.57 Å². The van der Waals surface area contributed by atoms with Crippen LogP contribution in [-0.4, -0.2) is 33.0 Å². The second-order valence-corrected chi connectivity index (χ2v) is 6.24. The quantitative estimate of drug-likeness (QED) is 0.728. The number of fused-ring (bicyclic) bond motifs is 1. The average Bonchev–Trinajstić information content (AvgIpc) is 2.79. The Morgan fingerprint density at radius 3 is 2.12 bits per heavy atom. The monoisotopic (exact) mass is 339 g/mol. The lowest BCUT2D eigenvalue weighted by atomic mass is 10.1. The Kier molecular flexibility index (Phi) is 5.47. The Labute approximate surface area is 148 Å². The molecule has 2 aromatic rings. The molecule has 0 N–H and O–H groups in total. The highest BCUT2D eigenvalue weighted by molar-refractivity contribution is 5.84. The number of amides is 1. The summed E-state index contributed by atoms with van der Waals surface area (Å²) in [5, 5.41) is 0. The van der Waals surface area contributed by atoms with Crippen LogP contribution in [0.25, 0.3) is 16.7 Å². The van der Waals surface area contributed by atoms with Crippen molar-refractivity contribution in [1.29, 1.82) is 0 Å². The average molecular weight is 339 g/mol. The topological polar surface area (TPSA) is 47.2 Å². The van der Waals surface area contributed by atoms with Crippen LogP contribution in [0, 0.1) is 13.8 Å². The molecule has 0 aliphatic rings. The molecule has 0 fully saturated rings. The van der Waals surface area contributed by atoms with Gasteiger partial charge in [-0.2, -0.15) is 0 Å². The Hall–Kier alpha value is -2.82. The van der Waals surface area contributed by atoms with E-state index in [9.17, 15) is 9.59 Å². The van der Waals surface area contributed by atoms with Gasteiger partial charge in [0, 0.05) is 18.8 Å². The number of aromatic nitrogens is 2. The molecule has 1 aromatic heterocycles. The number of nitrogens with zero attached hydrogens (tertiary/aromatic N) is 3. The van der Waals surface area contributed by atoms with Gasteiger partial charge >= 0.3 is 5.69 Å². The highest BCUT2D eigenvalue weighted by Gasteiger charge is 2.19. The van der Waals surface area contributed by atoms with E-state index in [0.29, 0.717) is 18.8 Å². The van der Waals surface area contributed by atoms with Crippen molar-refractivity contribution in [3.05, 3.63) is 65.6 Å². The van der Waals surface area contributed by atoms with Crippen LogP contribution in [0.1, 0.15) is 18.1 Å². The fourth-order valence-corrected chi connectivity index (χ4v) is 2.85. The molecule has 5 nitrogen and oxygen atoms in total. The number of allylic oxidation sites excluding steroid dienone is 1. The molecule has 0 atom stereocenters. The van der Waals surface area contributed by atoms with Crippen LogP contribution >= 0.6 is 0 Å². The van der Waals surface area contributed by atoms with Crippen LogP contribution in [-0.2, 0) is 11.3 Å². The van der Waals surface area contributed by atoms with Crippen molar-refractivity contribution in [1.82, 2.24) is 14.0 Å². The Morgan fingerprint density at radius 1 is 1.12 bits per heavy atom. The number of carbonyl (C=O) groups is 1. The Balaban J connectivity index is 2.59. The molecule has 5 heteroatoms. The maximum Gasteiger partial charge on any atom is 0.333 e. The third-order valence-corrected chi connectivity index (χ3v) is 4.27. The van der Waals surface area contributed by atoms with Crippen molar-refractivity contribution >= 4 is 22.6 Å². The molecule has 0 aliphatic carbocycles. The number of rotatable bonds is 7. The van der Waals surface area contributed by atoms with Gasteiger partial charge in [0.2, 0.25) is 5.91 Å².